The van der Waals surface area contributed by atoms with Gasteiger partial charge in [0.25, 0.3) is 0 Å². The summed E-state index contributed by atoms with van der Waals surface area (Å²) in [6.07, 6.45) is 1.88. The lowest BCUT2D eigenvalue weighted by Gasteiger charge is -2.20. The Morgan fingerprint density at radius 3 is 2.61 bits per heavy atom. The molecule has 1 unspecified atom stereocenters. The highest BCUT2D eigenvalue weighted by Crippen LogP contribution is 2.20. The van der Waals surface area contributed by atoms with E-state index in [2.05, 4.69) is 34.6 Å². The van der Waals surface area contributed by atoms with Crippen molar-refractivity contribution in [1.29, 1.82) is 0 Å². The van der Waals surface area contributed by atoms with E-state index in [9.17, 15) is 5.11 Å². The number of aliphatic hydroxyl groups is 1. The number of aliphatic imine (C=N–C) groups is 1. The van der Waals surface area contributed by atoms with E-state index in [-0.39, 0.29) is 30.6 Å². The van der Waals surface area contributed by atoms with Crippen LogP contribution in [0.25, 0.3) is 11.3 Å². The van der Waals surface area contributed by atoms with Gasteiger partial charge < -0.3 is 20.3 Å². The molecule has 6 nitrogen and oxygen atoms in total. The van der Waals surface area contributed by atoms with Gasteiger partial charge in [0.15, 0.2) is 11.7 Å². The highest BCUT2D eigenvalue weighted by Gasteiger charge is 2.12. The molecule has 7 heteroatoms. The van der Waals surface area contributed by atoms with E-state index in [1.165, 1.54) is 0 Å². The molecule has 1 aromatic carbocycles. The third-order valence-corrected chi connectivity index (χ3v) is 4.26. The second-order valence-electron chi connectivity index (χ2n) is 7.13. The summed E-state index contributed by atoms with van der Waals surface area (Å²) in [4.78, 5) is 4.61. The summed E-state index contributed by atoms with van der Waals surface area (Å²) in [5.74, 6) is 2.54. The van der Waals surface area contributed by atoms with E-state index < -0.39 is 0 Å². The quantitative estimate of drug-likeness (QED) is 0.261. The van der Waals surface area contributed by atoms with Crippen molar-refractivity contribution in [1.82, 2.24) is 15.8 Å². The molecule has 0 amide bonds. The third kappa shape index (κ3) is 8.60. The molecule has 0 aliphatic rings. The van der Waals surface area contributed by atoms with Gasteiger partial charge in [-0.2, -0.15) is 0 Å². The van der Waals surface area contributed by atoms with Crippen molar-refractivity contribution in [3.05, 3.63) is 42.1 Å². The Bertz CT molecular complexity index is 689. The van der Waals surface area contributed by atoms with Crippen LogP contribution >= 0.6 is 24.0 Å². The Morgan fingerprint density at radius 1 is 1.21 bits per heavy atom. The average Bonchev–Trinajstić information content (AvgIpc) is 3.13. The van der Waals surface area contributed by atoms with Crippen molar-refractivity contribution in [3.63, 3.8) is 0 Å². The summed E-state index contributed by atoms with van der Waals surface area (Å²) in [6.45, 7) is 8.69. The molecule has 2 rings (SSSR count). The Hall–Kier alpha value is -1.61. The zero-order valence-electron chi connectivity index (χ0n) is 17.0. The molecule has 0 radical (unpaired) electrons. The Kier molecular flexibility index (Phi) is 11.8. The monoisotopic (exact) mass is 500 g/mol. The zero-order chi connectivity index (χ0) is 19.5. The number of hydrogen-bond acceptors (Lipinski definition) is 4. The number of guanidine groups is 1. The molecular weight excluding hydrogens is 467 g/mol. The SMILES string of the molecule is CCNC(=NCc1cc(-c2ccccc2)on1)NCC(CCO)CC(C)C.I. The lowest BCUT2D eigenvalue weighted by molar-refractivity contribution is 0.243. The highest BCUT2D eigenvalue weighted by atomic mass is 127. The van der Waals surface area contributed by atoms with Crippen LogP contribution in [0.5, 0.6) is 0 Å². The van der Waals surface area contributed by atoms with E-state index in [0.717, 1.165) is 48.9 Å². The first-order chi connectivity index (χ1) is 13.1. The van der Waals surface area contributed by atoms with Crippen LogP contribution < -0.4 is 10.6 Å². The van der Waals surface area contributed by atoms with Crippen molar-refractivity contribution in [3.8, 4) is 11.3 Å². The number of benzene rings is 1. The molecule has 28 heavy (non-hydrogen) atoms. The fraction of sp³-hybridized carbons (Fsp3) is 0.524. The van der Waals surface area contributed by atoms with Crippen LogP contribution in [0.3, 0.4) is 0 Å². The normalized spacial score (nSPS) is 12.5. The largest absolute Gasteiger partial charge is 0.396 e. The predicted molar refractivity (Wildman–Crippen MR) is 125 cm³/mol. The molecule has 1 aromatic heterocycles. The van der Waals surface area contributed by atoms with Crippen LogP contribution in [0.15, 0.2) is 45.9 Å². The van der Waals surface area contributed by atoms with Crippen molar-refractivity contribution >= 4 is 29.9 Å². The average molecular weight is 500 g/mol. The van der Waals surface area contributed by atoms with Gasteiger partial charge in [-0.05, 0) is 31.6 Å². The first-order valence-corrected chi connectivity index (χ1v) is 9.76. The molecule has 2 aromatic rings. The van der Waals surface area contributed by atoms with Gasteiger partial charge in [0.2, 0.25) is 0 Å². The maximum Gasteiger partial charge on any atom is 0.191 e. The van der Waals surface area contributed by atoms with E-state index in [1.54, 1.807) is 0 Å². The lowest BCUT2D eigenvalue weighted by Crippen LogP contribution is -2.40. The number of rotatable bonds is 10. The second kappa shape index (κ2) is 13.5. The van der Waals surface area contributed by atoms with Crippen LogP contribution in [0.2, 0.25) is 0 Å². The molecule has 1 atom stereocenters. The van der Waals surface area contributed by atoms with E-state index >= 15 is 0 Å². The lowest BCUT2D eigenvalue weighted by atomic mass is 9.94. The standard InChI is InChI=1S/C21H32N4O2.HI/c1-4-22-21(23-14-17(10-11-26)12-16(2)3)24-15-19-13-20(27-25-19)18-8-6-5-7-9-18;/h5-9,13,16-17,26H,4,10-12,14-15H2,1-3H3,(H2,22,23,24);1H. The molecule has 0 bridgehead atoms. The number of nitrogens with one attached hydrogen (secondary N) is 2. The number of aliphatic hydroxyl groups excluding tert-OH is 1. The van der Waals surface area contributed by atoms with Gasteiger partial charge in [-0.15, -0.1) is 24.0 Å². The summed E-state index contributed by atoms with van der Waals surface area (Å²) >= 11 is 0. The Labute approximate surface area is 185 Å². The van der Waals surface area contributed by atoms with Crippen LogP contribution in [0, 0.1) is 11.8 Å². The topological polar surface area (TPSA) is 82.7 Å². The van der Waals surface area contributed by atoms with Gasteiger partial charge in [0.1, 0.15) is 5.69 Å². The highest BCUT2D eigenvalue weighted by molar-refractivity contribution is 14.0. The summed E-state index contributed by atoms with van der Waals surface area (Å²) in [6, 6.07) is 11.8. The van der Waals surface area contributed by atoms with Gasteiger partial charge >= 0.3 is 0 Å². The van der Waals surface area contributed by atoms with Crippen LogP contribution in [0.1, 0.15) is 39.3 Å². The molecule has 0 aliphatic heterocycles. The third-order valence-electron chi connectivity index (χ3n) is 4.26. The number of hydrogen-bond donors (Lipinski definition) is 3. The molecular formula is C21H33IN4O2. The first-order valence-electron chi connectivity index (χ1n) is 9.76. The summed E-state index contributed by atoms with van der Waals surface area (Å²) in [5.41, 5.74) is 1.80. The summed E-state index contributed by atoms with van der Waals surface area (Å²) in [5, 5.41) is 20.0. The summed E-state index contributed by atoms with van der Waals surface area (Å²) in [7, 11) is 0. The van der Waals surface area contributed by atoms with Gasteiger partial charge in [-0.3, -0.25) is 0 Å². The van der Waals surface area contributed by atoms with Gasteiger partial charge in [0, 0.05) is 31.3 Å². The number of halogens is 1. The van der Waals surface area contributed by atoms with E-state index in [4.69, 9.17) is 4.52 Å². The fourth-order valence-corrected chi connectivity index (χ4v) is 3.02. The minimum atomic E-state index is 0. The Balaban J connectivity index is 0.00000392. The number of nitrogens with zero attached hydrogens (tertiary/aromatic N) is 2. The minimum absolute atomic E-state index is 0. The number of aromatic nitrogens is 1. The van der Waals surface area contributed by atoms with Gasteiger partial charge in [0.05, 0.1) is 6.54 Å². The first kappa shape index (κ1) is 24.4. The predicted octanol–water partition coefficient (Wildman–Crippen LogP) is 4.06. The van der Waals surface area contributed by atoms with Crippen molar-refractivity contribution < 1.29 is 9.63 Å². The van der Waals surface area contributed by atoms with E-state index in [0.29, 0.717) is 18.4 Å². The molecule has 0 saturated heterocycles. The minimum Gasteiger partial charge on any atom is -0.396 e. The smallest absolute Gasteiger partial charge is 0.191 e. The fourth-order valence-electron chi connectivity index (χ4n) is 3.02. The van der Waals surface area contributed by atoms with Crippen molar-refractivity contribution in [2.24, 2.45) is 16.8 Å². The van der Waals surface area contributed by atoms with E-state index in [1.807, 2.05) is 43.3 Å². The molecule has 0 spiro atoms. The maximum atomic E-state index is 9.27. The molecule has 156 valence electrons. The second-order valence-corrected chi connectivity index (χ2v) is 7.13. The van der Waals surface area contributed by atoms with Crippen LogP contribution in [-0.4, -0.2) is 35.9 Å². The van der Waals surface area contributed by atoms with Crippen molar-refractivity contribution in [2.45, 2.75) is 40.2 Å². The summed E-state index contributed by atoms with van der Waals surface area (Å²) < 4.78 is 5.43. The molecule has 0 aliphatic carbocycles. The zero-order valence-corrected chi connectivity index (χ0v) is 19.3. The molecule has 1 heterocycles. The Morgan fingerprint density at radius 2 is 1.96 bits per heavy atom. The van der Waals surface area contributed by atoms with Gasteiger partial charge in [-0.25, -0.2) is 4.99 Å². The molecule has 0 saturated carbocycles. The molecule has 0 fully saturated rings. The van der Waals surface area contributed by atoms with Crippen molar-refractivity contribution in [2.75, 3.05) is 19.7 Å². The van der Waals surface area contributed by atoms with Crippen LogP contribution in [0.4, 0.5) is 0 Å². The maximum absolute atomic E-state index is 9.27. The van der Waals surface area contributed by atoms with Gasteiger partial charge in [-0.1, -0.05) is 49.3 Å². The van der Waals surface area contributed by atoms with Crippen LogP contribution in [-0.2, 0) is 6.54 Å². The molecule has 3 N–H and O–H groups in total.